The van der Waals surface area contributed by atoms with Gasteiger partial charge in [-0.3, -0.25) is 7.05 Å². The number of rotatable bonds is 0. The molecule has 0 aromatic rings. The summed E-state index contributed by atoms with van der Waals surface area (Å²) in [5.74, 6) is 0.895. The molecule has 1 N–H and O–H groups in total. The third kappa shape index (κ3) is 1.06. The van der Waals surface area contributed by atoms with Gasteiger partial charge in [0.1, 0.15) is 0 Å². The second-order valence-corrected chi connectivity index (χ2v) is 3.50. The fourth-order valence-electron chi connectivity index (χ4n) is 2.14. The molecule has 2 nitrogen and oxygen atoms in total. The molecule has 0 bridgehead atoms. The predicted molar refractivity (Wildman–Crippen MR) is 41.4 cm³/mol. The average molecular weight is 139 g/mol. The highest BCUT2D eigenvalue weighted by molar-refractivity contribution is 4.91. The minimum absolute atomic E-state index is 0.756. The number of nitrogens with zero attached hydrogens (tertiary/aromatic N) is 1. The van der Waals surface area contributed by atoms with E-state index >= 15 is 0 Å². The Morgan fingerprint density at radius 2 is 2.30 bits per heavy atom. The van der Waals surface area contributed by atoms with E-state index in [-0.39, 0.29) is 0 Å². The molecule has 0 aromatic carbocycles. The van der Waals surface area contributed by atoms with E-state index in [0.29, 0.717) is 0 Å². The zero-order chi connectivity index (χ0) is 6.97. The van der Waals surface area contributed by atoms with E-state index in [9.17, 15) is 0 Å². The largest absolute Gasteiger partial charge is 0.458 e. The van der Waals surface area contributed by atoms with Crippen LogP contribution in [0.5, 0.6) is 0 Å². The van der Waals surface area contributed by atoms with E-state index in [1.54, 1.807) is 0 Å². The lowest BCUT2D eigenvalue weighted by atomic mass is 9.94. The van der Waals surface area contributed by atoms with Gasteiger partial charge in [-0.2, -0.15) is 0 Å². The summed E-state index contributed by atoms with van der Waals surface area (Å²) in [4.78, 5) is 2.19. The van der Waals surface area contributed by atoms with Crippen molar-refractivity contribution >= 4 is 0 Å². The number of nitrogens with one attached hydrogen (secondary N) is 1. The van der Waals surface area contributed by atoms with Gasteiger partial charge in [-0.1, -0.05) is 0 Å². The Kier molecular flexibility index (Phi) is 1.66. The lowest BCUT2D eigenvalue weighted by molar-refractivity contribution is 0.339. The van der Waals surface area contributed by atoms with Gasteiger partial charge in [0.15, 0.2) is 0 Å². The molecular formula is C8H15N2-. The van der Waals surface area contributed by atoms with Gasteiger partial charge in [0, 0.05) is 6.04 Å². The van der Waals surface area contributed by atoms with Crippen molar-refractivity contribution in [2.75, 3.05) is 19.6 Å². The Morgan fingerprint density at radius 1 is 1.40 bits per heavy atom. The Morgan fingerprint density at radius 3 is 3.10 bits per heavy atom. The average Bonchev–Trinajstić information content (AvgIpc) is 2.27. The molecule has 2 rings (SSSR count). The van der Waals surface area contributed by atoms with Crippen molar-refractivity contribution < 1.29 is 0 Å². The smallest absolute Gasteiger partial charge is 0.0210 e. The van der Waals surface area contributed by atoms with Crippen LogP contribution in [-0.2, 0) is 0 Å². The van der Waals surface area contributed by atoms with Crippen LogP contribution in [-0.4, -0.2) is 30.6 Å². The van der Waals surface area contributed by atoms with E-state index < -0.39 is 0 Å². The Bertz CT molecular complexity index is 110. The highest BCUT2D eigenvalue weighted by Gasteiger charge is 2.29. The molecule has 2 aliphatic rings. The van der Waals surface area contributed by atoms with Crippen LogP contribution >= 0.6 is 0 Å². The molecule has 0 unspecified atom stereocenters. The van der Waals surface area contributed by atoms with Crippen LogP contribution in [0.25, 0.3) is 0 Å². The first-order valence-corrected chi connectivity index (χ1v) is 4.15. The topological polar surface area (TPSA) is 15.3 Å². The van der Waals surface area contributed by atoms with Crippen LogP contribution in [0.3, 0.4) is 0 Å². The van der Waals surface area contributed by atoms with Crippen LogP contribution in [0.2, 0.25) is 0 Å². The van der Waals surface area contributed by atoms with E-state index in [2.05, 4.69) is 17.3 Å². The highest BCUT2D eigenvalue weighted by atomic mass is 15.2. The van der Waals surface area contributed by atoms with Crippen LogP contribution in [0.1, 0.15) is 12.8 Å². The second-order valence-electron chi connectivity index (χ2n) is 3.50. The number of piperidine rings is 1. The predicted octanol–water partition coefficient (Wildman–Crippen LogP) is 0.462. The first kappa shape index (κ1) is 6.62. The minimum atomic E-state index is 0.756. The van der Waals surface area contributed by atoms with Crippen molar-refractivity contribution in [1.82, 2.24) is 10.2 Å². The van der Waals surface area contributed by atoms with Crippen LogP contribution < -0.4 is 5.32 Å². The SMILES string of the molecule is [CH2-]N1C[C@@H]2CCCN[C@@H]2C1. The quantitative estimate of drug-likeness (QED) is 0.490. The molecule has 2 saturated heterocycles. The summed E-state index contributed by atoms with van der Waals surface area (Å²) in [7, 11) is 3.96. The molecule has 0 amide bonds. The molecule has 2 atom stereocenters. The maximum atomic E-state index is 3.96. The van der Waals surface area contributed by atoms with Gasteiger partial charge in [-0.25, -0.2) is 0 Å². The lowest BCUT2D eigenvalue weighted by Gasteiger charge is -2.25. The molecule has 0 saturated carbocycles. The van der Waals surface area contributed by atoms with Gasteiger partial charge in [0.2, 0.25) is 0 Å². The first-order valence-electron chi connectivity index (χ1n) is 4.15. The van der Waals surface area contributed by atoms with Gasteiger partial charge < -0.3 is 10.2 Å². The van der Waals surface area contributed by atoms with Crippen molar-refractivity contribution in [2.45, 2.75) is 18.9 Å². The molecule has 0 aliphatic carbocycles. The van der Waals surface area contributed by atoms with Crippen molar-refractivity contribution in [3.8, 4) is 0 Å². The zero-order valence-electron chi connectivity index (χ0n) is 6.34. The van der Waals surface area contributed by atoms with Crippen molar-refractivity contribution in [3.05, 3.63) is 7.05 Å². The van der Waals surface area contributed by atoms with E-state index in [0.717, 1.165) is 18.5 Å². The molecule has 2 aliphatic heterocycles. The molecular weight excluding hydrogens is 124 g/mol. The first-order chi connectivity index (χ1) is 4.86. The summed E-state index contributed by atoms with van der Waals surface area (Å²) in [5, 5.41) is 3.53. The number of hydrogen-bond donors (Lipinski definition) is 1. The zero-order valence-corrected chi connectivity index (χ0v) is 6.34. The standard InChI is InChI=1S/C8H15N2/c1-10-5-7-3-2-4-9-8(7)6-10/h7-9H,1-6H2/q-1/t7-,8+/m0/s1. The summed E-state index contributed by atoms with van der Waals surface area (Å²) in [6.07, 6.45) is 2.76. The number of hydrogen-bond acceptors (Lipinski definition) is 2. The van der Waals surface area contributed by atoms with Crippen LogP contribution in [0.4, 0.5) is 0 Å². The monoisotopic (exact) mass is 139 g/mol. The molecule has 2 heterocycles. The van der Waals surface area contributed by atoms with E-state index in [4.69, 9.17) is 0 Å². The molecule has 58 valence electrons. The second kappa shape index (κ2) is 2.51. The summed E-state index contributed by atoms with van der Waals surface area (Å²) in [6.45, 7) is 3.58. The highest BCUT2D eigenvalue weighted by Crippen LogP contribution is 2.23. The summed E-state index contributed by atoms with van der Waals surface area (Å²) >= 11 is 0. The maximum absolute atomic E-state index is 3.96. The molecule has 10 heavy (non-hydrogen) atoms. The van der Waals surface area contributed by atoms with Crippen molar-refractivity contribution in [3.63, 3.8) is 0 Å². The van der Waals surface area contributed by atoms with Crippen LogP contribution in [0.15, 0.2) is 0 Å². The molecule has 2 fully saturated rings. The molecule has 0 aromatic heterocycles. The molecule has 0 spiro atoms. The van der Waals surface area contributed by atoms with Gasteiger partial charge in [-0.05, 0) is 38.4 Å². The Hall–Kier alpha value is -0.0800. The van der Waals surface area contributed by atoms with Crippen LogP contribution in [0, 0.1) is 13.0 Å². The Labute approximate surface area is 62.6 Å². The molecule has 0 radical (unpaired) electrons. The van der Waals surface area contributed by atoms with Crippen molar-refractivity contribution in [1.29, 1.82) is 0 Å². The fraction of sp³-hybridized carbons (Fsp3) is 0.875. The van der Waals surface area contributed by atoms with Crippen molar-refractivity contribution in [2.24, 2.45) is 5.92 Å². The number of fused-ring (bicyclic) bond motifs is 1. The summed E-state index contributed by atoms with van der Waals surface area (Å²) < 4.78 is 0. The van der Waals surface area contributed by atoms with Gasteiger partial charge in [0.25, 0.3) is 0 Å². The van der Waals surface area contributed by atoms with Gasteiger partial charge in [-0.15, -0.1) is 0 Å². The summed E-state index contributed by atoms with van der Waals surface area (Å²) in [6, 6.07) is 0.756. The normalized spacial score (nSPS) is 41.7. The van der Waals surface area contributed by atoms with E-state index in [1.165, 1.54) is 25.9 Å². The lowest BCUT2D eigenvalue weighted by Crippen LogP contribution is -2.40. The summed E-state index contributed by atoms with van der Waals surface area (Å²) in [5.41, 5.74) is 0. The maximum Gasteiger partial charge on any atom is 0.0210 e. The van der Waals surface area contributed by atoms with E-state index in [1.807, 2.05) is 0 Å². The Balaban J connectivity index is 1.97. The minimum Gasteiger partial charge on any atom is -0.458 e. The fourth-order valence-corrected chi connectivity index (χ4v) is 2.14. The molecule has 2 heteroatoms. The van der Waals surface area contributed by atoms with Gasteiger partial charge in [0.05, 0.1) is 0 Å². The van der Waals surface area contributed by atoms with Gasteiger partial charge >= 0.3 is 0 Å². The number of likely N-dealkylation sites (tertiary alicyclic amines) is 1. The third-order valence-electron chi connectivity index (χ3n) is 2.67. The third-order valence-corrected chi connectivity index (χ3v) is 2.67.